The number of benzene rings is 2. The van der Waals surface area contributed by atoms with E-state index >= 15 is 0 Å². The number of carbonyl (C=O) groups excluding carboxylic acids is 1. The van der Waals surface area contributed by atoms with Gasteiger partial charge in [-0.25, -0.2) is 4.79 Å². The zero-order valence-electron chi connectivity index (χ0n) is 10.8. The summed E-state index contributed by atoms with van der Waals surface area (Å²) in [5, 5.41) is 0.384. The van der Waals surface area contributed by atoms with Crippen LogP contribution in [-0.2, 0) is 4.74 Å². The molecule has 0 atom stereocenters. The first-order valence-corrected chi connectivity index (χ1v) is 7.09. The second kappa shape index (κ2) is 6.73. The maximum absolute atomic E-state index is 11.8. The summed E-state index contributed by atoms with van der Waals surface area (Å²) in [5.74, 6) is -0.439. The highest BCUT2D eigenvalue weighted by atomic mass is 79.9. The first-order valence-electron chi connectivity index (χ1n) is 5.92. The third kappa shape index (κ3) is 3.50. The van der Waals surface area contributed by atoms with Gasteiger partial charge in [0.05, 0.1) is 17.7 Å². The molecule has 4 heteroatoms. The van der Waals surface area contributed by atoms with Crippen LogP contribution in [0.15, 0.2) is 46.9 Å². The average Bonchev–Trinajstić information content (AvgIpc) is 2.46. The molecule has 0 aliphatic rings. The highest BCUT2D eigenvalue weighted by Gasteiger charge is 2.13. The van der Waals surface area contributed by atoms with Crippen molar-refractivity contribution in [1.29, 1.82) is 0 Å². The van der Waals surface area contributed by atoms with Crippen LogP contribution >= 0.6 is 27.5 Å². The van der Waals surface area contributed by atoms with Gasteiger partial charge in [0.25, 0.3) is 0 Å². The molecule has 0 saturated carbocycles. The number of carbonyl (C=O) groups is 1. The van der Waals surface area contributed by atoms with Crippen molar-refractivity contribution in [3.8, 4) is 0 Å². The number of ether oxygens (including phenoxy) is 1. The van der Waals surface area contributed by atoms with Crippen LogP contribution in [0.25, 0.3) is 12.2 Å². The molecule has 2 aromatic rings. The zero-order valence-corrected chi connectivity index (χ0v) is 13.1. The minimum atomic E-state index is -0.439. The number of rotatable bonds is 3. The summed E-state index contributed by atoms with van der Waals surface area (Å²) in [7, 11) is 1.34. The lowest BCUT2D eigenvalue weighted by Gasteiger charge is -2.06. The van der Waals surface area contributed by atoms with Crippen LogP contribution < -0.4 is 0 Å². The molecule has 0 bridgehead atoms. The molecule has 2 rings (SSSR count). The Morgan fingerprint density at radius 2 is 1.85 bits per heavy atom. The van der Waals surface area contributed by atoms with E-state index in [-0.39, 0.29) is 0 Å². The summed E-state index contributed by atoms with van der Waals surface area (Å²) < 4.78 is 5.78. The Morgan fingerprint density at radius 1 is 1.15 bits per heavy atom. The van der Waals surface area contributed by atoms with Crippen molar-refractivity contribution in [2.24, 2.45) is 0 Å². The lowest BCUT2D eigenvalue weighted by atomic mass is 10.1. The highest BCUT2D eigenvalue weighted by Crippen LogP contribution is 2.23. The topological polar surface area (TPSA) is 26.3 Å². The maximum atomic E-state index is 11.8. The van der Waals surface area contributed by atoms with Crippen LogP contribution in [0.5, 0.6) is 0 Å². The van der Waals surface area contributed by atoms with Gasteiger partial charge in [-0.1, -0.05) is 63.9 Å². The molecule has 0 amide bonds. The predicted molar refractivity (Wildman–Crippen MR) is 85.9 cm³/mol. The smallest absolute Gasteiger partial charge is 0.339 e. The third-order valence-electron chi connectivity index (χ3n) is 2.76. The maximum Gasteiger partial charge on any atom is 0.339 e. The number of hydrogen-bond donors (Lipinski definition) is 0. The molecule has 0 aliphatic heterocycles. The van der Waals surface area contributed by atoms with Crippen molar-refractivity contribution in [3.63, 3.8) is 0 Å². The van der Waals surface area contributed by atoms with Gasteiger partial charge in [-0.2, -0.15) is 0 Å². The molecule has 102 valence electrons. The molecule has 0 saturated heterocycles. The fourth-order valence-corrected chi connectivity index (χ4v) is 2.28. The molecule has 2 nitrogen and oxygen atoms in total. The Hall–Kier alpha value is -1.58. The van der Waals surface area contributed by atoms with Gasteiger partial charge in [-0.15, -0.1) is 0 Å². The van der Waals surface area contributed by atoms with Crippen molar-refractivity contribution >= 4 is 45.7 Å². The zero-order chi connectivity index (χ0) is 14.5. The number of halogens is 2. The average molecular weight is 352 g/mol. The monoisotopic (exact) mass is 350 g/mol. The molecule has 0 radical (unpaired) electrons. The molecule has 0 fully saturated rings. The summed E-state index contributed by atoms with van der Waals surface area (Å²) in [6.45, 7) is 0. The van der Waals surface area contributed by atoms with Crippen molar-refractivity contribution in [3.05, 3.63) is 68.7 Å². The van der Waals surface area contributed by atoms with Crippen LogP contribution in [0.1, 0.15) is 21.5 Å². The van der Waals surface area contributed by atoms with E-state index in [4.69, 9.17) is 16.3 Å². The van der Waals surface area contributed by atoms with E-state index in [0.717, 1.165) is 15.6 Å². The standard InChI is InChI=1S/C16H12BrClO2/c1-20-16(19)15-12(3-2-4-14(15)18)8-5-11-6-9-13(17)10-7-11/h2-10H,1H3/b8-5+. The van der Waals surface area contributed by atoms with Gasteiger partial charge in [0.2, 0.25) is 0 Å². The molecule has 0 N–H and O–H groups in total. The SMILES string of the molecule is COC(=O)c1c(Cl)cccc1/C=C/c1ccc(Br)cc1. The molecule has 0 aliphatic carbocycles. The summed E-state index contributed by atoms with van der Waals surface area (Å²) in [5.41, 5.74) is 2.14. The lowest BCUT2D eigenvalue weighted by Crippen LogP contribution is -2.04. The quantitative estimate of drug-likeness (QED) is 0.571. The fraction of sp³-hybridized carbons (Fsp3) is 0.0625. The van der Waals surface area contributed by atoms with E-state index in [9.17, 15) is 4.79 Å². The molecular weight excluding hydrogens is 340 g/mol. The largest absolute Gasteiger partial charge is 0.465 e. The first-order chi connectivity index (χ1) is 9.61. The Morgan fingerprint density at radius 3 is 2.50 bits per heavy atom. The normalized spacial score (nSPS) is 10.8. The second-order valence-electron chi connectivity index (χ2n) is 4.08. The molecule has 0 spiro atoms. The van der Waals surface area contributed by atoms with E-state index < -0.39 is 5.97 Å². The molecule has 20 heavy (non-hydrogen) atoms. The second-order valence-corrected chi connectivity index (χ2v) is 5.40. The van der Waals surface area contributed by atoms with Crippen LogP contribution in [-0.4, -0.2) is 13.1 Å². The lowest BCUT2D eigenvalue weighted by molar-refractivity contribution is 0.0600. The van der Waals surface area contributed by atoms with Gasteiger partial charge in [0.15, 0.2) is 0 Å². The summed E-state index contributed by atoms with van der Waals surface area (Å²) >= 11 is 9.45. The van der Waals surface area contributed by atoms with Crippen LogP contribution in [0, 0.1) is 0 Å². The van der Waals surface area contributed by atoms with Crippen molar-refractivity contribution in [1.82, 2.24) is 0 Å². The van der Waals surface area contributed by atoms with Gasteiger partial charge in [-0.05, 0) is 29.3 Å². The molecular formula is C16H12BrClO2. The van der Waals surface area contributed by atoms with Gasteiger partial charge in [-0.3, -0.25) is 0 Å². The Labute approximate surface area is 131 Å². The van der Waals surface area contributed by atoms with Crippen LogP contribution in [0.3, 0.4) is 0 Å². The van der Waals surface area contributed by atoms with Crippen LogP contribution in [0.2, 0.25) is 5.02 Å². The molecule has 0 unspecified atom stereocenters. The summed E-state index contributed by atoms with van der Waals surface area (Å²) in [6, 6.07) is 13.2. The molecule has 0 aromatic heterocycles. The van der Waals surface area contributed by atoms with Crippen molar-refractivity contribution in [2.75, 3.05) is 7.11 Å². The molecule has 2 aromatic carbocycles. The van der Waals surface area contributed by atoms with Crippen molar-refractivity contribution < 1.29 is 9.53 Å². The summed E-state index contributed by atoms with van der Waals surface area (Å²) in [6.07, 6.45) is 3.77. The third-order valence-corrected chi connectivity index (χ3v) is 3.60. The minimum absolute atomic E-state index is 0.380. The molecule has 0 heterocycles. The number of methoxy groups -OCH3 is 1. The highest BCUT2D eigenvalue weighted by molar-refractivity contribution is 9.10. The van der Waals surface area contributed by atoms with E-state index in [0.29, 0.717) is 10.6 Å². The van der Waals surface area contributed by atoms with E-state index in [1.54, 1.807) is 12.1 Å². The van der Waals surface area contributed by atoms with E-state index in [2.05, 4.69) is 15.9 Å². The Kier molecular flexibility index (Phi) is 4.99. The van der Waals surface area contributed by atoms with Gasteiger partial charge < -0.3 is 4.74 Å². The Balaban J connectivity index is 2.36. The van der Waals surface area contributed by atoms with Crippen LogP contribution in [0.4, 0.5) is 0 Å². The number of esters is 1. The fourth-order valence-electron chi connectivity index (χ4n) is 1.76. The Bertz CT molecular complexity index is 648. The number of hydrogen-bond acceptors (Lipinski definition) is 2. The van der Waals surface area contributed by atoms with Gasteiger partial charge >= 0.3 is 5.97 Å². The summed E-state index contributed by atoms with van der Waals surface area (Å²) in [4.78, 5) is 11.8. The van der Waals surface area contributed by atoms with Gasteiger partial charge in [0, 0.05) is 4.47 Å². The minimum Gasteiger partial charge on any atom is -0.465 e. The van der Waals surface area contributed by atoms with Crippen molar-refractivity contribution in [2.45, 2.75) is 0 Å². The van der Waals surface area contributed by atoms with E-state index in [1.165, 1.54) is 7.11 Å². The predicted octanol–water partition coefficient (Wildman–Crippen LogP) is 5.06. The van der Waals surface area contributed by atoms with E-state index in [1.807, 2.05) is 42.5 Å². The van der Waals surface area contributed by atoms with Gasteiger partial charge in [0.1, 0.15) is 0 Å². The first kappa shape index (κ1) is 14.8.